The number of nitrogens with zero attached hydrogens (tertiary/aromatic N) is 3. The summed E-state index contributed by atoms with van der Waals surface area (Å²) in [5, 5.41) is 9.65. The van der Waals surface area contributed by atoms with Crippen LogP contribution in [0.2, 0.25) is 0 Å². The summed E-state index contributed by atoms with van der Waals surface area (Å²) in [6.45, 7) is 3.86. The maximum absolute atomic E-state index is 13.0. The zero-order valence-electron chi connectivity index (χ0n) is 18.2. The quantitative estimate of drug-likeness (QED) is 0.698. The molecule has 2 aromatic rings. The van der Waals surface area contributed by atoms with Crippen molar-refractivity contribution in [2.75, 3.05) is 19.0 Å². The molecule has 0 bridgehead atoms. The number of methoxy groups -OCH3 is 1. The van der Waals surface area contributed by atoms with E-state index in [-0.39, 0.29) is 24.1 Å². The number of para-hydroxylation sites is 1. The van der Waals surface area contributed by atoms with Crippen LogP contribution >= 0.6 is 0 Å². The molecule has 1 fully saturated rings. The average molecular weight is 435 g/mol. The standard InChI is InChI=1S/C23H25N5O4/c1-14-8-9-16(10-15(14)2)19-11-20-22(30)27(24-13-28(20)26-19)12-21(29)25-18-7-5-4-6-17(18)23(31)32-3/h4-10,13,19-20,26H,11-12H2,1-3H3,(H,25,29). The number of rotatable bonds is 5. The SMILES string of the molecule is COC(=O)c1ccccc1NC(=O)CN1N=CN2NC(c3ccc(C)c(C)c3)CC2C1=O. The molecule has 2 atom stereocenters. The van der Waals surface area contributed by atoms with Gasteiger partial charge in [-0.2, -0.15) is 5.10 Å². The van der Waals surface area contributed by atoms with Gasteiger partial charge in [-0.25, -0.2) is 15.2 Å². The van der Waals surface area contributed by atoms with Crippen LogP contribution in [0.3, 0.4) is 0 Å². The second kappa shape index (κ2) is 8.80. The highest BCUT2D eigenvalue weighted by molar-refractivity contribution is 6.02. The predicted octanol–water partition coefficient (Wildman–Crippen LogP) is 2.13. The molecular weight excluding hydrogens is 410 g/mol. The molecule has 2 N–H and O–H groups in total. The molecule has 2 aliphatic heterocycles. The molecule has 0 radical (unpaired) electrons. The van der Waals surface area contributed by atoms with Crippen molar-refractivity contribution in [3.05, 3.63) is 64.7 Å². The minimum absolute atomic E-state index is 0.0181. The van der Waals surface area contributed by atoms with E-state index in [0.717, 1.165) is 10.6 Å². The van der Waals surface area contributed by atoms with Crippen LogP contribution in [0.25, 0.3) is 0 Å². The van der Waals surface area contributed by atoms with Crippen LogP contribution in [0, 0.1) is 13.8 Å². The number of hydrazine groups is 1. The Labute approximate surface area is 186 Å². The van der Waals surface area contributed by atoms with Gasteiger partial charge in [-0.3, -0.25) is 14.6 Å². The number of carbonyl (C=O) groups excluding carboxylic acids is 3. The molecule has 9 nitrogen and oxygen atoms in total. The summed E-state index contributed by atoms with van der Waals surface area (Å²) >= 11 is 0. The lowest BCUT2D eigenvalue weighted by molar-refractivity contribution is -0.139. The zero-order chi connectivity index (χ0) is 22.8. The fourth-order valence-electron chi connectivity index (χ4n) is 3.86. The van der Waals surface area contributed by atoms with E-state index >= 15 is 0 Å². The Morgan fingerprint density at radius 3 is 2.72 bits per heavy atom. The topological polar surface area (TPSA) is 103 Å². The number of fused-ring (bicyclic) bond motifs is 1. The number of esters is 1. The van der Waals surface area contributed by atoms with Crippen molar-refractivity contribution in [1.29, 1.82) is 0 Å². The van der Waals surface area contributed by atoms with Crippen molar-refractivity contribution in [1.82, 2.24) is 15.4 Å². The third-order valence-electron chi connectivity index (χ3n) is 5.79. The molecular formula is C23H25N5O4. The van der Waals surface area contributed by atoms with Gasteiger partial charge < -0.3 is 10.1 Å². The van der Waals surface area contributed by atoms with Gasteiger partial charge in [-0.1, -0.05) is 30.3 Å². The van der Waals surface area contributed by atoms with Crippen LogP contribution in [0.15, 0.2) is 47.6 Å². The lowest BCUT2D eigenvalue weighted by Gasteiger charge is -2.29. The Balaban J connectivity index is 1.42. The molecule has 4 rings (SSSR count). The van der Waals surface area contributed by atoms with Crippen molar-refractivity contribution in [3.8, 4) is 0 Å². The number of hydrogen-bond acceptors (Lipinski definition) is 7. The molecule has 2 amide bonds. The summed E-state index contributed by atoms with van der Waals surface area (Å²) in [5.74, 6) is -1.28. The van der Waals surface area contributed by atoms with Crippen molar-refractivity contribution >= 4 is 29.8 Å². The number of nitrogens with one attached hydrogen (secondary N) is 2. The Kier molecular flexibility index (Phi) is 5.91. The molecule has 0 saturated carbocycles. The third kappa shape index (κ3) is 4.19. The first-order valence-electron chi connectivity index (χ1n) is 10.3. The van der Waals surface area contributed by atoms with E-state index in [4.69, 9.17) is 4.74 Å². The summed E-state index contributed by atoms with van der Waals surface area (Å²) < 4.78 is 4.74. The van der Waals surface area contributed by atoms with E-state index in [0.29, 0.717) is 12.1 Å². The Hall–Kier alpha value is -3.72. The summed E-state index contributed by atoms with van der Waals surface area (Å²) in [4.78, 5) is 37.5. The van der Waals surface area contributed by atoms with Crippen LogP contribution < -0.4 is 10.7 Å². The van der Waals surface area contributed by atoms with Gasteiger partial charge in [0, 0.05) is 0 Å². The van der Waals surface area contributed by atoms with Crippen molar-refractivity contribution in [3.63, 3.8) is 0 Å². The number of carbonyl (C=O) groups is 3. The van der Waals surface area contributed by atoms with E-state index in [2.05, 4.69) is 47.9 Å². The highest BCUT2D eigenvalue weighted by Gasteiger charge is 2.41. The van der Waals surface area contributed by atoms with E-state index in [1.54, 1.807) is 29.3 Å². The minimum Gasteiger partial charge on any atom is -0.465 e. The summed E-state index contributed by atoms with van der Waals surface area (Å²) in [5.41, 5.74) is 7.38. The maximum Gasteiger partial charge on any atom is 0.339 e. The summed E-state index contributed by atoms with van der Waals surface area (Å²) in [6, 6.07) is 12.3. The lowest BCUT2D eigenvalue weighted by Crippen LogP contribution is -2.52. The Bertz CT molecular complexity index is 1100. The molecule has 9 heteroatoms. The van der Waals surface area contributed by atoms with Crippen molar-refractivity contribution < 1.29 is 19.1 Å². The molecule has 166 valence electrons. The zero-order valence-corrected chi connectivity index (χ0v) is 18.2. The Morgan fingerprint density at radius 1 is 1.19 bits per heavy atom. The Morgan fingerprint density at radius 2 is 1.97 bits per heavy atom. The second-order valence-electron chi connectivity index (χ2n) is 7.90. The number of hydrogen-bond donors (Lipinski definition) is 2. The molecule has 0 aliphatic carbocycles. The molecule has 1 saturated heterocycles. The first-order chi connectivity index (χ1) is 15.4. The summed E-state index contributed by atoms with van der Waals surface area (Å²) in [7, 11) is 1.27. The van der Waals surface area contributed by atoms with Crippen molar-refractivity contribution in [2.45, 2.75) is 32.4 Å². The number of aryl methyl sites for hydroxylation is 2. The van der Waals surface area contributed by atoms with Crippen LogP contribution in [-0.4, -0.2) is 53.8 Å². The molecule has 0 aromatic heterocycles. The highest BCUT2D eigenvalue weighted by atomic mass is 16.5. The van der Waals surface area contributed by atoms with Gasteiger partial charge in [0.15, 0.2) is 0 Å². The smallest absolute Gasteiger partial charge is 0.339 e. The highest BCUT2D eigenvalue weighted by Crippen LogP contribution is 2.30. The van der Waals surface area contributed by atoms with E-state index in [9.17, 15) is 14.4 Å². The van der Waals surface area contributed by atoms with E-state index in [1.807, 2.05) is 0 Å². The monoisotopic (exact) mass is 435 g/mol. The molecule has 2 aromatic carbocycles. The number of amides is 2. The molecule has 32 heavy (non-hydrogen) atoms. The fraction of sp³-hybridized carbons (Fsp3) is 0.304. The summed E-state index contributed by atoms with van der Waals surface area (Å²) in [6.07, 6.45) is 2.10. The van der Waals surface area contributed by atoms with Crippen LogP contribution in [-0.2, 0) is 14.3 Å². The third-order valence-corrected chi connectivity index (χ3v) is 5.79. The molecule has 0 spiro atoms. The number of benzene rings is 2. The molecule has 2 heterocycles. The van der Waals surface area contributed by atoms with E-state index in [1.165, 1.54) is 24.6 Å². The van der Waals surface area contributed by atoms with Gasteiger partial charge >= 0.3 is 5.97 Å². The van der Waals surface area contributed by atoms with Gasteiger partial charge in [-0.05, 0) is 49.1 Å². The van der Waals surface area contributed by atoms with Gasteiger partial charge in [0.2, 0.25) is 5.91 Å². The maximum atomic E-state index is 13.0. The number of anilines is 1. The van der Waals surface area contributed by atoms with Gasteiger partial charge in [0.1, 0.15) is 18.9 Å². The first kappa shape index (κ1) is 21.5. The second-order valence-corrected chi connectivity index (χ2v) is 7.90. The van der Waals surface area contributed by atoms with Crippen LogP contribution in [0.4, 0.5) is 5.69 Å². The van der Waals surface area contributed by atoms with E-state index < -0.39 is 17.9 Å². The molecule has 2 aliphatic rings. The van der Waals surface area contributed by atoms with Gasteiger partial charge in [0.25, 0.3) is 5.91 Å². The number of ether oxygens (including phenoxy) is 1. The predicted molar refractivity (Wildman–Crippen MR) is 119 cm³/mol. The van der Waals surface area contributed by atoms with Crippen molar-refractivity contribution in [2.24, 2.45) is 5.10 Å². The van der Waals surface area contributed by atoms with Crippen LogP contribution in [0.1, 0.15) is 39.5 Å². The minimum atomic E-state index is -0.557. The van der Waals surface area contributed by atoms with Crippen LogP contribution in [0.5, 0.6) is 0 Å². The number of hydrazone groups is 1. The molecule has 2 unspecified atom stereocenters. The largest absolute Gasteiger partial charge is 0.465 e. The normalized spacial score (nSPS) is 19.7. The van der Waals surface area contributed by atoms with Gasteiger partial charge in [-0.15, -0.1) is 0 Å². The fourth-order valence-corrected chi connectivity index (χ4v) is 3.86. The van der Waals surface area contributed by atoms with Gasteiger partial charge in [0.05, 0.1) is 24.4 Å². The lowest BCUT2D eigenvalue weighted by atomic mass is 9.98. The average Bonchev–Trinajstić information content (AvgIpc) is 3.22. The first-order valence-corrected chi connectivity index (χ1v) is 10.3.